The summed E-state index contributed by atoms with van der Waals surface area (Å²) in [6.45, 7) is 16.9. The van der Waals surface area contributed by atoms with Gasteiger partial charge < -0.3 is 9.80 Å². The molecule has 0 spiro atoms. The van der Waals surface area contributed by atoms with E-state index in [1.807, 2.05) is 9.80 Å². The molecule has 0 bridgehead atoms. The smallest absolute Gasteiger partial charge is 0.227 e. The summed E-state index contributed by atoms with van der Waals surface area (Å²) in [5, 5.41) is 0. The van der Waals surface area contributed by atoms with Crippen LogP contribution < -0.4 is 0 Å². The second-order valence-corrected chi connectivity index (χ2v) is 13.5. The van der Waals surface area contributed by atoms with Crippen LogP contribution in [0.3, 0.4) is 0 Å². The average Bonchev–Trinajstić information content (AvgIpc) is 3.35. The lowest BCUT2D eigenvalue weighted by Gasteiger charge is -2.46. The lowest BCUT2D eigenvalue weighted by molar-refractivity contribution is -0.138. The van der Waals surface area contributed by atoms with Gasteiger partial charge in [-0.15, -0.1) is 0 Å². The van der Waals surface area contributed by atoms with Gasteiger partial charge in [0.1, 0.15) is 11.6 Å². The predicted octanol–water partition coefficient (Wildman–Crippen LogP) is 5.13. The lowest BCUT2D eigenvalue weighted by Crippen LogP contribution is -2.58. The molecular weight excluding hydrogens is 510 g/mol. The van der Waals surface area contributed by atoms with Gasteiger partial charge in [-0.1, -0.05) is 25.3 Å². The number of rotatable bonds is 7. The van der Waals surface area contributed by atoms with E-state index in [9.17, 15) is 18.4 Å². The van der Waals surface area contributed by atoms with Gasteiger partial charge in [0.05, 0.1) is 5.92 Å². The van der Waals surface area contributed by atoms with Crippen molar-refractivity contribution in [3.05, 3.63) is 35.4 Å². The van der Waals surface area contributed by atoms with Crippen LogP contribution in [-0.4, -0.2) is 94.8 Å². The summed E-state index contributed by atoms with van der Waals surface area (Å²) in [5.74, 6) is -1.09. The fraction of sp³-hybridized carbons (Fsp3) is 0.750. The molecule has 0 aromatic heterocycles. The van der Waals surface area contributed by atoms with Crippen LogP contribution in [-0.2, 0) is 9.59 Å². The van der Waals surface area contributed by atoms with Gasteiger partial charge in [-0.2, -0.15) is 0 Å². The van der Waals surface area contributed by atoms with Crippen molar-refractivity contribution in [3.63, 3.8) is 0 Å². The summed E-state index contributed by atoms with van der Waals surface area (Å²) in [6, 6.07) is 4.20. The fourth-order valence-electron chi connectivity index (χ4n) is 7.21. The number of likely N-dealkylation sites (tertiary alicyclic amines) is 1. The maximum absolute atomic E-state index is 14.9. The van der Waals surface area contributed by atoms with Gasteiger partial charge in [0.25, 0.3) is 0 Å². The fourth-order valence-corrected chi connectivity index (χ4v) is 7.21. The summed E-state index contributed by atoms with van der Waals surface area (Å²) in [4.78, 5) is 35.2. The Morgan fingerprint density at radius 2 is 1.65 bits per heavy atom. The minimum atomic E-state index is -0.598. The van der Waals surface area contributed by atoms with Crippen molar-refractivity contribution < 1.29 is 18.4 Å². The number of piperazine rings is 1. The van der Waals surface area contributed by atoms with Crippen molar-refractivity contribution in [1.29, 1.82) is 0 Å². The largest absolute Gasteiger partial charge is 0.340 e. The summed E-state index contributed by atoms with van der Waals surface area (Å²) < 4.78 is 28.6. The molecule has 40 heavy (non-hydrogen) atoms. The van der Waals surface area contributed by atoms with Gasteiger partial charge in [-0.25, -0.2) is 8.78 Å². The normalized spacial score (nSPS) is 24.5. The molecule has 224 valence electrons. The van der Waals surface area contributed by atoms with Gasteiger partial charge in [0, 0.05) is 82.3 Å². The molecule has 3 aliphatic rings. The maximum Gasteiger partial charge on any atom is 0.227 e. The second kappa shape index (κ2) is 12.8. The number of carbonyl (C=O) groups is 2. The number of hydrogen-bond acceptors (Lipinski definition) is 4. The molecule has 0 N–H and O–H groups in total. The highest BCUT2D eigenvalue weighted by Gasteiger charge is 2.45. The molecule has 8 heteroatoms. The molecule has 2 aliphatic heterocycles. The van der Waals surface area contributed by atoms with Crippen molar-refractivity contribution in [3.8, 4) is 0 Å². The van der Waals surface area contributed by atoms with Gasteiger partial charge in [0.15, 0.2) is 0 Å². The van der Waals surface area contributed by atoms with Crippen LogP contribution in [0.25, 0.3) is 0 Å². The molecule has 1 aromatic carbocycles. The molecule has 4 rings (SSSR count). The number of amides is 2. The molecule has 1 saturated carbocycles. The van der Waals surface area contributed by atoms with Crippen LogP contribution in [0.4, 0.5) is 8.78 Å². The van der Waals surface area contributed by atoms with Crippen LogP contribution in [0.2, 0.25) is 0 Å². The molecule has 3 fully saturated rings. The molecule has 1 unspecified atom stereocenters. The Kier molecular flexibility index (Phi) is 9.92. The highest BCUT2D eigenvalue weighted by Crippen LogP contribution is 2.39. The van der Waals surface area contributed by atoms with Crippen molar-refractivity contribution in [2.45, 2.75) is 97.2 Å². The molecule has 2 amide bonds. The predicted molar refractivity (Wildman–Crippen MR) is 155 cm³/mol. The van der Waals surface area contributed by atoms with E-state index < -0.39 is 11.6 Å². The first kappa shape index (κ1) is 30.9. The highest BCUT2D eigenvalue weighted by atomic mass is 19.1. The summed E-state index contributed by atoms with van der Waals surface area (Å²) in [5.41, 5.74) is 0.273. The highest BCUT2D eigenvalue weighted by molar-refractivity contribution is 5.81. The zero-order valence-corrected chi connectivity index (χ0v) is 25.5. The Hall–Kier alpha value is -2.06. The Balaban J connectivity index is 1.49. The number of hydrogen-bond donors (Lipinski definition) is 0. The maximum atomic E-state index is 14.9. The van der Waals surface area contributed by atoms with E-state index in [0.29, 0.717) is 43.7 Å². The van der Waals surface area contributed by atoms with E-state index >= 15 is 0 Å². The monoisotopic (exact) mass is 560 g/mol. The van der Waals surface area contributed by atoms with Gasteiger partial charge in [0.2, 0.25) is 11.8 Å². The van der Waals surface area contributed by atoms with Crippen molar-refractivity contribution >= 4 is 11.8 Å². The van der Waals surface area contributed by atoms with E-state index in [1.165, 1.54) is 44.2 Å². The zero-order valence-electron chi connectivity index (χ0n) is 25.5. The van der Waals surface area contributed by atoms with Crippen molar-refractivity contribution in [2.75, 3.05) is 45.8 Å². The molecule has 2 saturated heterocycles. The zero-order chi connectivity index (χ0) is 29.2. The van der Waals surface area contributed by atoms with E-state index in [1.54, 1.807) is 6.92 Å². The van der Waals surface area contributed by atoms with Crippen LogP contribution in [0.5, 0.6) is 0 Å². The summed E-state index contributed by atoms with van der Waals surface area (Å²) in [6.07, 6.45) is 6.17. The molecule has 3 atom stereocenters. The molecular formula is C32H50F2N4O2. The molecule has 6 nitrogen and oxygen atoms in total. The topological polar surface area (TPSA) is 47.1 Å². The average molecular weight is 561 g/mol. The van der Waals surface area contributed by atoms with E-state index in [4.69, 9.17) is 0 Å². The van der Waals surface area contributed by atoms with Gasteiger partial charge >= 0.3 is 0 Å². The standard InChI is InChI=1S/C32H50F2N4O2/c1-22(2)38(23(3)39)21-30(24-10-8-7-9-11-24)35-14-16-36(17-15-35)31(40)28-20-37(32(4,5)6)19-27(28)26-13-12-25(33)18-29(26)34/h12-13,18,22,24,27-28,30H,7-11,14-17,19-21H2,1-6H3/t27-,28-,30?/m0/s1. The third kappa shape index (κ3) is 7.04. The first-order valence-corrected chi connectivity index (χ1v) is 15.4. The SMILES string of the molecule is CC(=O)N(CC(C1CCCCC1)N1CCN(C(=O)[C@H]2CN(C(C)(C)C)C[C@H]2c2ccc(F)cc2F)CC1)C(C)C. The Bertz CT molecular complexity index is 1030. The van der Waals surface area contributed by atoms with Gasteiger partial charge in [-0.3, -0.25) is 19.4 Å². The Labute approximate surface area is 240 Å². The molecule has 0 radical (unpaired) electrons. The van der Waals surface area contributed by atoms with Crippen LogP contribution in [0.15, 0.2) is 18.2 Å². The van der Waals surface area contributed by atoms with Crippen LogP contribution in [0, 0.1) is 23.5 Å². The minimum absolute atomic E-state index is 0.0712. The third-order valence-electron chi connectivity index (χ3n) is 9.65. The minimum Gasteiger partial charge on any atom is -0.340 e. The van der Waals surface area contributed by atoms with E-state index in [2.05, 4.69) is 44.4 Å². The van der Waals surface area contributed by atoms with E-state index in [0.717, 1.165) is 25.7 Å². The number of carbonyl (C=O) groups excluding carboxylic acids is 2. The van der Waals surface area contributed by atoms with Crippen LogP contribution in [0.1, 0.15) is 85.1 Å². The lowest BCUT2D eigenvalue weighted by atomic mass is 9.82. The first-order chi connectivity index (χ1) is 18.9. The number of benzene rings is 1. The third-order valence-corrected chi connectivity index (χ3v) is 9.65. The van der Waals surface area contributed by atoms with E-state index in [-0.39, 0.29) is 35.2 Å². The molecule has 1 aliphatic carbocycles. The molecule has 1 aromatic rings. The second-order valence-electron chi connectivity index (χ2n) is 13.5. The van der Waals surface area contributed by atoms with Crippen LogP contribution >= 0.6 is 0 Å². The Morgan fingerprint density at radius 1 is 1.00 bits per heavy atom. The summed E-state index contributed by atoms with van der Waals surface area (Å²) >= 11 is 0. The van der Waals surface area contributed by atoms with Crippen molar-refractivity contribution in [2.24, 2.45) is 11.8 Å². The Morgan fingerprint density at radius 3 is 2.20 bits per heavy atom. The molecule has 2 heterocycles. The van der Waals surface area contributed by atoms with Crippen molar-refractivity contribution in [1.82, 2.24) is 19.6 Å². The first-order valence-electron chi connectivity index (χ1n) is 15.4. The summed E-state index contributed by atoms with van der Waals surface area (Å²) in [7, 11) is 0. The quantitative estimate of drug-likeness (QED) is 0.464. The number of halogens is 2. The number of nitrogens with zero attached hydrogens (tertiary/aromatic N) is 4. The van der Waals surface area contributed by atoms with Gasteiger partial charge in [-0.05, 0) is 65.0 Å².